The van der Waals surface area contributed by atoms with Crippen molar-refractivity contribution in [2.75, 3.05) is 7.11 Å². The van der Waals surface area contributed by atoms with Gasteiger partial charge < -0.3 is 4.43 Å². The lowest BCUT2D eigenvalue weighted by molar-refractivity contribution is 0.394. The summed E-state index contributed by atoms with van der Waals surface area (Å²) in [4.78, 5) is 0. The third-order valence-corrected chi connectivity index (χ3v) is 8.50. The maximum atomic E-state index is 5.96. The molecule has 0 aliphatic heterocycles. The first-order valence-corrected chi connectivity index (χ1v) is 11.5. The van der Waals surface area contributed by atoms with Gasteiger partial charge in [0.25, 0.3) is 0 Å². The molecule has 1 nitrogen and oxygen atoms in total. The molecule has 0 N–H and O–H groups in total. The molecule has 0 radical (unpaired) electrons. The zero-order valence-corrected chi connectivity index (χ0v) is 16.4. The third-order valence-electron chi connectivity index (χ3n) is 4.54. The first kappa shape index (κ1) is 20.9. The summed E-state index contributed by atoms with van der Waals surface area (Å²) >= 11 is 0. The maximum absolute atomic E-state index is 5.96. The molecule has 0 atom stereocenters. The van der Waals surface area contributed by atoms with Gasteiger partial charge in [0.05, 0.1) is 0 Å². The van der Waals surface area contributed by atoms with Crippen molar-refractivity contribution in [3.8, 4) is 0 Å². The van der Waals surface area contributed by atoms with Gasteiger partial charge in [0, 0.05) is 7.11 Å². The number of hydrogen-bond donors (Lipinski definition) is 0. The second-order valence-corrected chi connectivity index (χ2v) is 11.4. The van der Waals surface area contributed by atoms with Crippen LogP contribution in [0, 0.1) is 11.8 Å². The monoisotopic (exact) mass is 312 g/mol. The molecule has 0 aliphatic carbocycles. The summed E-state index contributed by atoms with van der Waals surface area (Å²) in [7, 11) is 0.279. The Morgan fingerprint density at radius 1 is 0.810 bits per heavy atom. The Kier molecular flexibility index (Phi) is 12.4. The molecule has 126 valence electrons. The predicted molar refractivity (Wildman–Crippen MR) is 99.2 cm³/mol. The van der Waals surface area contributed by atoms with Gasteiger partial charge in [0.1, 0.15) is 0 Å². The average molecular weight is 313 g/mol. The number of rotatable bonds is 14. The molecule has 0 aliphatic rings. The average Bonchev–Trinajstić information content (AvgIpc) is 2.44. The minimum absolute atomic E-state index is 0.842. The molecule has 0 rings (SSSR count). The van der Waals surface area contributed by atoms with Crippen LogP contribution >= 0.6 is 0 Å². The Morgan fingerprint density at radius 2 is 1.24 bits per heavy atom. The lowest BCUT2D eigenvalue weighted by atomic mass is 10.1. The summed E-state index contributed by atoms with van der Waals surface area (Å²) in [6, 6.07) is 2.55. The van der Waals surface area contributed by atoms with Gasteiger partial charge >= 0.3 is 0 Å². The van der Waals surface area contributed by atoms with E-state index in [1.807, 2.05) is 7.11 Å². The fourth-order valence-corrected chi connectivity index (χ4v) is 5.85. The standard InChI is InChI=1S/C19H40OSi/c1-7-21(20-6,16-12-8-10-14-18(2)3)17-13-9-11-15-19(4)5/h7,18-19H,1,8-17H2,2-6H3. The molecule has 0 amide bonds. The molecule has 2 heteroatoms. The summed E-state index contributed by atoms with van der Waals surface area (Å²) in [6.45, 7) is 13.4. The first-order chi connectivity index (χ1) is 9.95. The molecule has 0 saturated heterocycles. The molecule has 0 fully saturated rings. The van der Waals surface area contributed by atoms with Crippen LogP contribution in [-0.4, -0.2) is 15.4 Å². The summed E-state index contributed by atoms with van der Waals surface area (Å²) < 4.78 is 5.96. The number of hydrogen-bond acceptors (Lipinski definition) is 1. The fourth-order valence-electron chi connectivity index (χ4n) is 2.92. The summed E-state index contributed by atoms with van der Waals surface area (Å²) in [5, 5.41) is 0. The van der Waals surface area contributed by atoms with Crippen LogP contribution < -0.4 is 0 Å². The van der Waals surface area contributed by atoms with Gasteiger partial charge in [-0.3, -0.25) is 0 Å². The third kappa shape index (κ3) is 11.2. The number of unbranched alkanes of at least 4 members (excludes halogenated alkanes) is 4. The van der Waals surface area contributed by atoms with E-state index in [2.05, 4.69) is 40.0 Å². The van der Waals surface area contributed by atoms with E-state index in [0.717, 1.165) is 11.8 Å². The van der Waals surface area contributed by atoms with Crippen LogP contribution in [0.3, 0.4) is 0 Å². The highest BCUT2D eigenvalue weighted by Crippen LogP contribution is 2.25. The maximum Gasteiger partial charge on any atom is 0.216 e. The normalized spacial score (nSPS) is 12.3. The van der Waals surface area contributed by atoms with Crippen molar-refractivity contribution in [1.29, 1.82) is 0 Å². The van der Waals surface area contributed by atoms with Crippen molar-refractivity contribution in [3.63, 3.8) is 0 Å². The van der Waals surface area contributed by atoms with Crippen LogP contribution in [0.1, 0.15) is 79.1 Å². The van der Waals surface area contributed by atoms with Crippen molar-refractivity contribution >= 4 is 8.32 Å². The fraction of sp³-hybridized carbons (Fsp3) is 0.895. The highest BCUT2D eigenvalue weighted by molar-refractivity contribution is 6.78. The summed E-state index contributed by atoms with van der Waals surface area (Å²) in [6.07, 6.45) is 10.8. The Morgan fingerprint density at radius 3 is 1.52 bits per heavy atom. The van der Waals surface area contributed by atoms with Crippen molar-refractivity contribution < 1.29 is 4.43 Å². The van der Waals surface area contributed by atoms with Crippen LogP contribution in [0.4, 0.5) is 0 Å². The molecule has 0 unspecified atom stereocenters. The molecule has 0 aromatic rings. The first-order valence-electron chi connectivity index (χ1n) is 9.14. The predicted octanol–water partition coefficient (Wildman–Crippen LogP) is 6.74. The van der Waals surface area contributed by atoms with E-state index in [-0.39, 0.29) is 0 Å². The molecule has 0 heterocycles. The highest BCUT2D eigenvalue weighted by atomic mass is 28.4. The van der Waals surface area contributed by atoms with E-state index >= 15 is 0 Å². The van der Waals surface area contributed by atoms with Gasteiger partial charge in [-0.15, -0.1) is 6.58 Å². The van der Waals surface area contributed by atoms with E-state index < -0.39 is 8.32 Å². The molecule has 0 spiro atoms. The van der Waals surface area contributed by atoms with Gasteiger partial charge in [0.2, 0.25) is 8.32 Å². The van der Waals surface area contributed by atoms with Gasteiger partial charge in [-0.2, -0.15) is 0 Å². The van der Waals surface area contributed by atoms with Gasteiger partial charge in [-0.05, 0) is 23.9 Å². The minimum atomic E-state index is -1.63. The summed E-state index contributed by atoms with van der Waals surface area (Å²) in [5.41, 5.74) is 2.19. The molecule has 0 bridgehead atoms. The van der Waals surface area contributed by atoms with E-state index in [0.29, 0.717) is 0 Å². The van der Waals surface area contributed by atoms with Crippen molar-refractivity contribution in [1.82, 2.24) is 0 Å². The Hall–Kier alpha value is -0.0831. The second-order valence-electron chi connectivity index (χ2n) is 7.46. The largest absolute Gasteiger partial charge is 0.416 e. The van der Waals surface area contributed by atoms with Gasteiger partial charge in [0.15, 0.2) is 0 Å². The van der Waals surface area contributed by atoms with Crippen LogP contribution in [0.15, 0.2) is 12.3 Å². The van der Waals surface area contributed by atoms with Crippen molar-refractivity contribution in [2.45, 2.75) is 91.1 Å². The van der Waals surface area contributed by atoms with Gasteiger partial charge in [-0.1, -0.05) is 84.8 Å². The molecular formula is C19H40OSi. The van der Waals surface area contributed by atoms with Crippen molar-refractivity contribution in [2.24, 2.45) is 11.8 Å². The lowest BCUT2D eigenvalue weighted by Gasteiger charge is -2.26. The zero-order chi connectivity index (χ0) is 16.1. The second kappa shape index (κ2) is 12.5. The Balaban J connectivity index is 3.92. The van der Waals surface area contributed by atoms with E-state index in [9.17, 15) is 0 Å². The lowest BCUT2D eigenvalue weighted by Crippen LogP contribution is -2.34. The Bertz CT molecular complexity index is 230. The van der Waals surface area contributed by atoms with Crippen LogP contribution in [-0.2, 0) is 4.43 Å². The van der Waals surface area contributed by atoms with E-state index in [1.54, 1.807) is 0 Å². The van der Waals surface area contributed by atoms with E-state index in [1.165, 1.54) is 63.5 Å². The van der Waals surface area contributed by atoms with Gasteiger partial charge in [-0.25, -0.2) is 0 Å². The topological polar surface area (TPSA) is 9.23 Å². The Labute approximate surface area is 135 Å². The highest BCUT2D eigenvalue weighted by Gasteiger charge is 2.28. The smallest absolute Gasteiger partial charge is 0.216 e. The molecule has 0 saturated carbocycles. The SMILES string of the molecule is C=C[Si](CCCCCC(C)C)(CCCCCC(C)C)OC. The van der Waals surface area contributed by atoms with Crippen LogP contribution in [0.5, 0.6) is 0 Å². The van der Waals surface area contributed by atoms with E-state index in [4.69, 9.17) is 4.43 Å². The molecular weight excluding hydrogens is 272 g/mol. The molecule has 21 heavy (non-hydrogen) atoms. The minimum Gasteiger partial charge on any atom is -0.416 e. The summed E-state index contributed by atoms with van der Waals surface area (Å²) in [5.74, 6) is 1.68. The van der Waals surface area contributed by atoms with Crippen LogP contribution in [0.2, 0.25) is 12.1 Å². The zero-order valence-electron chi connectivity index (χ0n) is 15.4. The van der Waals surface area contributed by atoms with Crippen LogP contribution in [0.25, 0.3) is 0 Å². The molecule has 0 aromatic heterocycles. The molecule has 0 aromatic carbocycles. The quantitative estimate of drug-likeness (QED) is 0.255. The van der Waals surface area contributed by atoms with Crippen molar-refractivity contribution in [3.05, 3.63) is 12.3 Å².